The van der Waals surface area contributed by atoms with E-state index in [-0.39, 0.29) is 16.4 Å². The van der Waals surface area contributed by atoms with Crippen molar-refractivity contribution < 1.29 is 22.7 Å². The van der Waals surface area contributed by atoms with Crippen LogP contribution in [0.2, 0.25) is 0 Å². The molecule has 1 amide bonds. The number of hydrogen-bond donors (Lipinski definition) is 1. The molecule has 1 N–H and O–H groups in total. The third kappa shape index (κ3) is 5.63. The summed E-state index contributed by atoms with van der Waals surface area (Å²) in [6.07, 6.45) is 0. The van der Waals surface area contributed by atoms with Crippen molar-refractivity contribution >= 4 is 33.3 Å². The molecule has 0 aromatic heterocycles. The first kappa shape index (κ1) is 25.0. The summed E-state index contributed by atoms with van der Waals surface area (Å²) in [6, 6.07) is 19.9. The summed E-state index contributed by atoms with van der Waals surface area (Å²) in [6.45, 7) is 5.46. The van der Waals surface area contributed by atoms with Crippen molar-refractivity contribution in [3.8, 4) is 0 Å². The van der Waals surface area contributed by atoms with E-state index in [2.05, 4.69) is 5.32 Å². The number of hydrogen-bond acceptors (Lipinski definition) is 5. The zero-order valence-corrected chi connectivity index (χ0v) is 20.4. The van der Waals surface area contributed by atoms with E-state index in [9.17, 15) is 18.0 Å². The Balaban J connectivity index is 1.70. The Labute approximate surface area is 200 Å². The second kappa shape index (κ2) is 10.5. The normalized spacial score (nSPS) is 11.2. The largest absolute Gasteiger partial charge is 0.452 e. The van der Waals surface area contributed by atoms with Crippen LogP contribution in [0.4, 0.5) is 11.4 Å². The average molecular weight is 481 g/mol. The van der Waals surface area contributed by atoms with Gasteiger partial charge in [0.15, 0.2) is 6.61 Å². The summed E-state index contributed by atoms with van der Waals surface area (Å²) in [5, 5.41) is 2.82. The Hall–Kier alpha value is -3.65. The second-order valence-corrected chi connectivity index (χ2v) is 10.1. The van der Waals surface area contributed by atoms with Crippen LogP contribution in [-0.2, 0) is 19.6 Å². The van der Waals surface area contributed by atoms with Crippen LogP contribution >= 0.6 is 0 Å². The van der Waals surface area contributed by atoms with E-state index < -0.39 is 28.5 Å². The molecule has 0 heterocycles. The summed E-state index contributed by atoms with van der Waals surface area (Å²) in [5.41, 5.74) is 3.13. The Kier molecular flexibility index (Phi) is 7.73. The first-order chi connectivity index (χ1) is 16.1. The number of sulfonamides is 1. The lowest BCUT2D eigenvalue weighted by atomic mass is 9.98. The number of aryl methyl sites for hydroxylation is 1. The lowest BCUT2D eigenvalue weighted by Crippen LogP contribution is -2.27. The molecule has 0 fully saturated rings. The topological polar surface area (TPSA) is 92.8 Å². The van der Waals surface area contributed by atoms with E-state index in [0.29, 0.717) is 11.4 Å². The maximum absolute atomic E-state index is 13.0. The van der Waals surface area contributed by atoms with Crippen LogP contribution in [0.1, 0.15) is 41.3 Å². The van der Waals surface area contributed by atoms with E-state index in [1.165, 1.54) is 31.3 Å². The van der Waals surface area contributed by atoms with E-state index in [1.54, 1.807) is 30.3 Å². The lowest BCUT2D eigenvalue weighted by Gasteiger charge is -2.19. The fourth-order valence-corrected chi connectivity index (χ4v) is 4.69. The van der Waals surface area contributed by atoms with Gasteiger partial charge >= 0.3 is 5.97 Å². The zero-order valence-electron chi connectivity index (χ0n) is 19.6. The summed E-state index contributed by atoms with van der Waals surface area (Å²) in [5.74, 6) is -1.06. The molecule has 0 atom stereocenters. The minimum absolute atomic E-state index is 0.0362. The predicted molar refractivity (Wildman–Crippen MR) is 133 cm³/mol. The number of carbonyl (C=O) groups is 2. The molecule has 3 aromatic carbocycles. The number of amides is 1. The molecule has 0 aliphatic heterocycles. The molecule has 34 heavy (non-hydrogen) atoms. The molecule has 178 valence electrons. The molecule has 0 aliphatic carbocycles. The number of nitrogens with zero attached hydrogens (tertiary/aromatic N) is 1. The van der Waals surface area contributed by atoms with Crippen LogP contribution in [-0.4, -0.2) is 33.9 Å². The van der Waals surface area contributed by atoms with Crippen molar-refractivity contribution in [3.05, 3.63) is 89.5 Å². The predicted octanol–water partition coefficient (Wildman–Crippen LogP) is 4.74. The molecular formula is C26H28N2O5S. The number of esters is 1. The van der Waals surface area contributed by atoms with Gasteiger partial charge in [0.1, 0.15) is 0 Å². The Morgan fingerprint density at radius 2 is 1.65 bits per heavy atom. The Morgan fingerprint density at radius 1 is 0.971 bits per heavy atom. The Morgan fingerprint density at radius 3 is 2.32 bits per heavy atom. The highest BCUT2D eigenvalue weighted by molar-refractivity contribution is 7.92. The average Bonchev–Trinajstić information content (AvgIpc) is 2.83. The third-order valence-corrected chi connectivity index (χ3v) is 7.16. The molecule has 8 heteroatoms. The molecule has 0 radical (unpaired) electrons. The maximum atomic E-state index is 13.0. The van der Waals surface area contributed by atoms with Crippen LogP contribution < -0.4 is 9.62 Å². The second-order valence-electron chi connectivity index (χ2n) is 8.15. The lowest BCUT2D eigenvalue weighted by molar-refractivity contribution is -0.119. The van der Waals surface area contributed by atoms with Crippen molar-refractivity contribution in [2.75, 3.05) is 23.3 Å². The number of carbonyl (C=O) groups excluding carboxylic acids is 2. The Bertz CT molecular complexity index is 1290. The van der Waals surface area contributed by atoms with Crippen LogP contribution in [0.25, 0.3) is 0 Å². The van der Waals surface area contributed by atoms with Gasteiger partial charge in [-0.2, -0.15) is 0 Å². The van der Waals surface area contributed by atoms with E-state index in [4.69, 9.17) is 4.74 Å². The molecule has 0 saturated heterocycles. The van der Waals surface area contributed by atoms with Crippen LogP contribution in [0, 0.1) is 6.92 Å². The van der Waals surface area contributed by atoms with Gasteiger partial charge in [0, 0.05) is 12.7 Å². The monoisotopic (exact) mass is 480 g/mol. The molecule has 0 unspecified atom stereocenters. The van der Waals surface area contributed by atoms with Crippen molar-refractivity contribution in [2.45, 2.75) is 31.6 Å². The van der Waals surface area contributed by atoms with Gasteiger partial charge in [-0.1, -0.05) is 56.3 Å². The van der Waals surface area contributed by atoms with Crippen molar-refractivity contribution in [1.82, 2.24) is 0 Å². The number of nitrogens with one attached hydrogen (secondary N) is 1. The van der Waals surface area contributed by atoms with Gasteiger partial charge in [0.25, 0.3) is 15.9 Å². The SMILES string of the molecule is Cc1cccc(C(C)C)c1NC(=O)COC(=O)c1cccc(S(=O)(=O)N(C)c2ccccc2)c1. The van der Waals surface area contributed by atoms with Crippen molar-refractivity contribution in [3.63, 3.8) is 0 Å². The minimum Gasteiger partial charge on any atom is -0.452 e. The van der Waals surface area contributed by atoms with Crippen LogP contribution in [0.5, 0.6) is 0 Å². The number of anilines is 2. The highest BCUT2D eigenvalue weighted by Gasteiger charge is 2.23. The molecular weight excluding hydrogens is 452 g/mol. The molecule has 3 rings (SSSR count). The van der Waals surface area contributed by atoms with Gasteiger partial charge in [-0.05, 0) is 54.3 Å². The summed E-state index contributed by atoms with van der Waals surface area (Å²) in [7, 11) is -2.45. The molecule has 0 saturated carbocycles. The molecule has 7 nitrogen and oxygen atoms in total. The quantitative estimate of drug-likeness (QED) is 0.470. The maximum Gasteiger partial charge on any atom is 0.338 e. The third-order valence-electron chi connectivity index (χ3n) is 5.37. The smallest absolute Gasteiger partial charge is 0.338 e. The zero-order chi connectivity index (χ0) is 24.9. The van der Waals surface area contributed by atoms with Crippen molar-refractivity contribution in [1.29, 1.82) is 0 Å². The fourth-order valence-electron chi connectivity index (χ4n) is 3.45. The summed E-state index contributed by atoms with van der Waals surface area (Å²) < 4.78 is 32.3. The van der Waals surface area contributed by atoms with Gasteiger partial charge in [-0.25, -0.2) is 13.2 Å². The number of rotatable bonds is 8. The number of para-hydroxylation sites is 2. The molecule has 0 spiro atoms. The number of ether oxygens (including phenoxy) is 1. The highest BCUT2D eigenvalue weighted by atomic mass is 32.2. The van der Waals surface area contributed by atoms with Gasteiger partial charge in [0.05, 0.1) is 16.1 Å². The van der Waals surface area contributed by atoms with Crippen molar-refractivity contribution in [2.24, 2.45) is 0 Å². The van der Waals surface area contributed by atoms with E-state index >= 15 is 0 Å². The standard InChI is InChI=1S/C26H28N2O5S/c1-18(2)23-15-8-10-19(3)25(23)27-24(29)17-33-26(30)20-11-9-14-22(16-20)34(31,32)28(4)21-12-6-5-7-13-21/h5-16,18H,17H2,1-4H3,(H,27,29). The molecule has 0 aliphatic rings. The fraction of sp³-hybridized carbons (Fsp3) is 0.231. The first-order valence-corrected chi connectivity index (χ1v) is 12.3. The van der Waals surface area contributed by atoms with Gasteiger partial charge in [-0.3, -0.25) is 9.10 Å². The van der Waals surface area contributed by atoms with Gasteiger partial charge < -0.3 is 10.1 Å². The summed E-state index contributed by atoms with van der Waals surface area (Å²) in [4.78, 5) is 25.0. The summed E-state index contributed by atoms with van der Waals surface area (Å²) >= 11 is 0. The van der Waals surface area contributed by atoms with E-state index in [1.807, 2.05) is 39.0 Å². The van der Waals surface area contributed by atoms with Crippen LogP contribution in [0.15, 0.2) is 77.7 Å². The first-order valence-electron chi connectivity index (χ1n) is 10.8. The molecule has 3 aromatic rings. The minimum atomic E-state index is -3.89. The van der Waals surface area contributed by atoms with E-state index in [0.717, 1.165) is 15.4 Å². The van der Waals surface area contributed by atoms with Gasteiger partial charge in [0.2, 0.25) is 0 Å². The highest BCUT2D eigenvalue weighted by Crippen LogP contribution is 2.27. The van der Waals surface area contributed by atoms with Gasteiger partial charge in [-0.15, -0.1) is 0 Å². The number of benzene rings is 3. The molecule has 0 bridgehead atoms. The van der Waals surface area contributed by atoms with Crippen LogP contribution in [0.3, 0.4) is 0 Å².